The summed E-state index contributed by atoms with van der Waals surface area (Å²) in [6, 6.07) is -0.875. The van der Waals surface area contributed by atoms with Crippen LogP contribution in [-0.4, -0.2) is 40.7 Å². The highest BCUT2D eigenvalue weighted by atomic mass is 16.3. The fourth-order valence-electron chi connectivity index (χ4n) is 0.916. The summed E-state index contributed by atoms with van der Waals surface area (Å²) < 4.78 is 0. The van der Waals surface area contributed by atoms with Crippen LogP contribution in [0.5, 0.6) is 0 Å². The van der Waals surface area contributed by atoms with E-state index in [1.54, 1.807) is 13.8 Å². The van der Waals surface area contributed by atoms with Crippen molar-refractivity contribution >= 4 is 5.71 Å². The first kappa shape index (κ1) is 12.5. The third-order valence-electron chi connectivity index (χ3n) is 1.99. The molecule has 0 aromatic rings. The zero-order valence-corrected chi connectivity index (χ0v) is 8.07. The Morgan fingerprint density at radius 3 is 2.15 bits per heavy atom. The minimum Gasteiger partial charge on any atom is -0.390 e. The van der Waals surface area contributed by atoms with Crippen molar-refractivity contribution in [2.75, 3.05) is 6.54 Å². The van der Waals surface area contributed by atoms with E-state index in [2.05, 4.69) is 0 Å². The van der Waals surface area contributed by atoms with E-state index >= 15 is 0 Å². The molecule has 0 rings (SSSR count). The monoisotopic (exact) mass is 189 g/mol. The fraction of sp³-hybridized carbons (Fsp3) is 0.875. The highest BCUT2D eigenvalue weighted by Crippen LogP contribution is 2.05. The molecule has 0 fully saturated rings. The van der Waals surface area contributed by atoms with Gasteiger partial charge in [-0.25, -0.2) is 0 Å². The van der Waals surface area contributed by atoms with Crippen molar-refractivity contribution in [1.82, 2.24) is 0 Å². The molecule has 0 bridgehead atoms. The number of nitrogens with one attached hydrogen (secondary N) is 1. The average Bonchev–Trinajstić information content (AvgIpc) is 2.12. The van der Waals surface area contributed by atoms with Crippen molar-refractivity contribution in [2.45, 2.75) is 32.1 Å². The predicted molar refractivity (Wildman–Crippen MR) is 51.6 cm³/mol. The molecule has 3 atom stereocenters. The topological polar surface area (TPSA) is 116 Å². The van der Waals surface area contributed by atoms with Gasteiger partial charge in [-0.2, -0.15) is 0 Å². The van der Waals surface area contributed by atoms with Crippen molar-refractivity contribution in [2.24, 2.45) is 17.4 Å². The maximum Gasteiger partial charge on any atom is 0.109 e. The Bertz CT molecular complexity index is 173. The summed E-state index contributed by atoms with van der Waals surface area (Å²) in [5, 5.41) is 26.2. The Morgan fingerprint density at radius 2 is 1.85 bits per heavy atom. The molecule has 0 aromatic carbocycles. The van der Waals surface area contributed by atoms with Crippen molar-refractivity contribution in [3.63, 3.8) is 0 Å². The lowest BCUT2D eigenvalue weighted by atomic mass is 9.95. The third kappa shape index (κ3) is 3.40. The van der Waals surface area contributed by atoms with Gasteiger partial charge >= 0.3 is 0 Å². The lowest BCUT2D eigenvalue weighted by molar-refractivity contribution is 0.0901. The minimum atomic E-state index is -1.11. The maximum absolute atomic E-state index is 9.49. The highest BCUT2D eigenvalue weighted by molar-refractivity contribution is 5.88. The molecule has 2 unspecified atom stereocenters. The van der Waals surface area contributed by atoms with Gasteiger partial charge in [0.25, 0.3) is 0 Å². The quantitative estimate of drug-likeness (QED) is 0.344. The summed E-state index contributed by atoms with van der Waals surface area (Å²) in [6.07, 6.45) is -2.08. The van der Waals surface area contributed by atoms with Crippen LogP contribution in [0.3, 0.4) is 0 Å². The number of aliphatic hydroxyl groups excluding tert-OH is 2. The van der Waals surface area contributed by atoms with Gasteiger partial charge in [-0.1, -0.05) is 13.8 Å². The summed E-state index contributed by atoms with van der Waals surface area (Å²) in [6.45, 7) is 3.56. The van der Waals surface area contributed by atoms with Crippen LogP contribution >= 0.6 is 0 Å². The Kier molecular flexibility index (Phi) is 5.09. The second-order valence-corrected chi connectivity index (χ2v) is 3.44. The molecule has 7 N–H and O–H groups in total. The molecule has 0 aliphatic heterocycles. The van der Waals surface area contributed by atoms with Crippen molar-refractivity contribution in [3.05, 3.63) is 0 Å². The van der Waals surface area contributed by atoms with E-state index in [1.807, 2.05) is 0 Å². The number of hydrogen-bond acceptors (Lipinski definition) is 5. The summed E-state index contributed by atoms with van der Waals surface area (Å²) >= 11 is 0. The molecule has 0 aliphatic carbocycles. The predicted octanol–water partition coefficient (Wildman–Crippen LogP) is -1.33. The molecule has 0 aromatic heterocycles. The number of nitrogens with two attached hydrogens (primary N) is 2. The van der Waals surface area contributed by atoms with E-state index in [1.165, 1.54) is 0 Å². The van der Waals surface area contributed by atoms with E-state index in [4.69, 9.17) is 16.9 Å². The summed E-state index contributed by atoms with van der Waals surface area (Å²) in [4.78, 5) is 0. The van der Waals surface area contributed by atoms with E-state index < -0.39 is 18.2 Å². The second-order valence-electron chi connectivity index (χ2n) is 3.44. The van der Waals surface area contributed by atoms with Gasteiger partial charge in [0.1, 0.15) is 6.10 Å². The van der Waals surface area contributed by atoms with Gasteiger partial charge in [0.05, 0.1) is 12.1 Å². The normalized spacial score (nSPS) is 18.4. The Morgan fingerprint density at radius 1 is 1.38 bits per heavy atom. The van der Waals surface area contributed by atoms with Crippen LogP contribution in [0, 0.1) is 11.3 Å². The average molecular weight is 189 g/mol. The molecule has 0 radical (unpaired) electrons. The lowest BCUT2D eigenvalue weighted by Gasteiger charge is -2.24. The van der Waals surface area contributed by atoms with Crippen LogP contribution in [-0.2, 0) is 0 Å². The van der Waals surface area contributed by atoms with Crippen LogP contribution < -0.4 is 11.5 Å². The van der Waals surface area contributed by atoms with Crippen molar-refractivity contribution in [1.29, 1.82) is 5.41 Å². The minimum absolute atomic E-state index is 0.0103. The molecule has 78 valence electrons. The Hall–Kier alpha value is -0.490. The number of aliphatic hydroxyl groups is 2. The van der Waals surface area contributed by atoms with E-state index in [-0.39, 0.29) is 18.2 Å². The van der Waals surface area contributed by atoms with Gasteiger partial charge in [-0.05, 0) is 5.92 Å². The third-order valence-corrected chi connectivity index (χ3v) is 1.99. The summed E-state index contributed by atoms with van der Waals surface area (Å²) in [7, 11) is 0. The second kappa shape index (κ2) is 5.29. The highest BCUT2D eigenvalue weighted by Gasteiger charge is 2.26. The zero-order chi connectivity index (χ0) is 10.6. The van der Waals surface area contributed by atoms with E-state index in [0.717, 1.165) is 0 Å². The molecule has 0 heterocycles. The molecule has 5 nitrogen and oxygen atoms in total. The van der Waals surface area contributed by atoms with E-state index in [0.29, 0.717) is 0 Å². The van der Waals surface area contributed by atoms with Gasteiger partial charge in [0.2, 0.25) is 0 Å². The zero-order valence-electron chi connectivity index (χ0n) is 8.07. The standard InChI is InChI=1S/C8H19N3O2/c1-4(2)6(10)8(13)7(11)5(12)3-9/h4-5,7-8,10,12-13H,3,9,11H2,1-2H3/t5?,7?,8-/m1/s1. The molecule has 5 heteroatoms. The fourth-order valence-corrected chi connectivity index (χ4v) is 0.916. The van der Waals surface area contributed by atoms with Gasteiger partial charge in [0, 0.05) is 12.3 Å². The molecular formula is C8H19N3O2. The van der Waals surface area contributed by atoms with Gasteiger partial charge in [-0.3, -0.25) is 0 Å². The van der Waals surface area contributed by atoms with Crippen LogP contribution in [0.25, 0.3) is 0 Å². The van der Waals surface area contributed by atoms with Gasteiger partial charge in [0.15, 0.2) is 0 Å². The summed E-state index contributed by atoms with van der Waals surface area (Å²) in [5.41, 5.74) is 10.8. The molecule has 0 saturated heterocycles. The first-order valence-corrected chi connectivity index (χ1v) is 4.31. The van der Waals surface area contributed by atoms with Crippen LogP contribution in [0.1, 0.15) is 13.8 Å². The SMILES string of the molecule is CC(C)C(=N)[C@@H](O)C(N)C(O)CN. The smallest absolute Gasteiger partial charge is 0.109 e. The van der Waals surface area contributed by atoms with Crippen molar-refractivity contribution in [3.8, 4) is 0 Å². The maximum atomic E-state index is 9.49. The number of rotatable bonds is 5. The molecule has 0 saturated carbocycles. The molecule has 0 amide bonds. The molecular weight excluding hydrogens is 170 g/mol. The lowest BCUT2D eigenvalue weighted by Crippen LogP contribution is -2.51. The van der Waals surface area contributed by atoms with E-state index in [9.17, 15) is 10.2 Å². The first-order valence-electron chi connectivity index (χ1n) is 4.31. The molecule has 0 spiro atoms. The van der Waals surface area contributed by atoms with Crippen LogP contribution in [0.4, 0.5) is 0 Å². The van der Waals surface area contributed by atoms with Gasteiger partial charge in [-0.15, -0.1) is 0 Å². The molecule has 0 aliphatic rings. The summed E-state index contributed by atoms with van der Waals surface area (Å²) in [5.74, 6) is -0.0778. The van der Waals surface area contributed by atoms with Crippen molar-refractivity contribution < 1.29 is 10.2 Å². The van der Waals surface area contributed by atoms with Crippen LogP contribution in [0.15, 0.2) is 0 Å². The Labute approximate surface area is 78.2 Å². The largest absolute Gasteiger partial charge is 0.390 e. The first-order chi connectivity index (χ1) is 5.91. The number of hydrogen-bond donors (Lipinski definition) is 5. The Balaban J connectivity index is 4.24. The van der Waals surface area contributed by atoms with Gasteiger partial charge < -0.3 is 27.1 Å². The van der Waals surface area contributed by atoms with Crippen LogP contribution in [0.2, 0.25) is 0 Å². The molecule has 13 heavy (non-hydrogen) atoms.